The normalized spacial score (nSPS) is 18.3. The third-order valence-electron chi connectivity index (χ3n) is 5.44. The maximum atomic E-state index is 5.84. The third-order valence-corrected chi connectivity index (χ3v) is 6.37. The van der Waals surface area contributed by atoms with Crippen LogP contribution in [0.25, 0.3) is 0 Å². The molecule has 1 atom stereocenters. The number of rotatable bonds is 7. The van der Waals surface area contributed by atoms with Crippen molar-refractivity contribution in [2.45, 2.75) is 25.8 Å². The van der Waals surface area contributed by atoms with Crippen molar-refractivity contribution in [1.29, 1.82) is 0 Å². The first-order valence-electron chi connectivity index (χ1n) is 11.1. The maximum absolute atomic E-state index is 5.84. The van der Waals surface area contributed by atoms with Gasteiger partial charge in [-0.05, 0) is 36.9 Å². The first-order valence-corrected chi connectivity index (χ1v) is 11.9. The first-order chi connectivity index (χ1) is 15.3. The molecule has 0 amide bonds. The quantitative estimate of drug-likeness (QED) is 0.505. The molecular formula is C23H32N4O3S. The summed E-state index contributed by atoms with van der Waals surface area (Å²) < 4.78 is 17.1. The van der Waals surface area contributed by atoms with Gasteiger partial charge in [-0.1, -0.05) is 6.07 Å². The number of nitrogens with zero attached hydrogens (tertiary/aromatic N) is 2. The Balaban J connectivity index is 1.41. The van der Waals surface area contributed by atoms with Crippen molar-refractivity contribution in [3.05, 3.63) is 40.6 Å². The Bertz CT molecular complexity index is 837. The number of fused-ring (bicyclic) bond motifs is 1. The van der Waals surface area contributed by atoms with E-state index in [9.17, 15) is 0 Å². The average molecular weight is 445 g/mol. The molecule has 0 spiro atoms. The number of nitrogens with one attached hydrogen (secondary N) is 2. The van der Waals surface area contributed by atoms with Gasteiger partial charge in [-0.15, -0.1) is 11.3 Å². The predicted molar refractivity (Wildman–Crippen MR) is 126 cm³/mol. The zero-order valence-electron chi connectivity index (χ0n) is 18.1. The largest absolute Gasteiger partial charge is 0.490 e. The Kier molecular flexibility index (Phi) is 8.04. The van der Waals surface area contributed by atoms with E-state index in [0.717, 1.165) is 75.4 Å². The van der Waals surface area contributed by atoms with Crippen LogP contribution in [0.15, 0.2) is 40.7 Å². The molecule has 2 aliphatic rings. The van der Waals surface area contributed by atoms with Crippen LogP contribution in [0.5, 0.6) is 11.5 Å². The highest BCUT2D eigenvalue weighted by Gasteiger charge is 2.17. The van der Waals surface area contributed by atoms with Crippen LogP contribution in [-0.2, 0) is 11.2 Å². The van der Waals surface area contributed by atoms with E-state index in [2.05, 4.69) is 40.0 Å². The Morgan fingerprint density at radius 2 is 1.97 bits per heavy atom. The molecule has 1 fully saturated rings. The molecule has 2 aliphatic heterocycles. The summed E-state index contributed by atoms with van der Waals surface area (Å²) in [5.41, 5.74) is 0.936. The van der Waals surface area contributed by atoms with E-state index in [4.69, 9.17) is 19.2 Å². The van der Waals surface area contributed by atoms with Gasteiger partial charge >= 0.3 is 0 Å². The molecule has 3 heterocycles. The molecule has 1 saturated heterocycles. The standard InChI is InChI=1S/C23H32N4O3S/c1-18(27-9-13-28-14-10-27)17-25-23(24-8-7-20-4-2-15-31-20)26-19-5-6-21-22(16-19)30-12-3-11-29-21/h2,4-6,15-16,18H,3,7-14,17H2,1H3,(H2,24,25,26). The van der Waals surface area contributed by atoms with Crippen molar-refractivity contribution in [2.75, 3.05) is 57.9 Å². The minimum atomic E-state index is 0.364. The second-order valence-corrected chi connectivity index (χ2v) is 8.81. The van der Waals surface area contributed by atoms with E-state index in [1.165, 1.54) is 4.88 Å². The Labute approximate surface area is 188 Å². The molecule has 0 aliphatic carbocycles. The van der Waals surface area contributed by atoms with Gasteiger partial charge in [0.2, 0.25) is 0 Å². The van der Waals surface area contributed by atoms with Gasteiger partial charge in [-0.2, -0.15) is 0 Å². The van der Waals surface area contributed by atoms with Gasteiger partial charge in [-0.3, -0.25) is 9.89 Å². The van der Waals surface area contributed by atoms with Crippen LogP contribution in [0.2, 0.25) is 0 Å². The molecule has 0 bridgehead atoms. The average Bonchev–Trinajstić information content (AvgIpc) is 3.21. The lowest BCUT2D eigenvalue weighted by molar-refractivity contribution is 0.0220. The van der Waals surface area contributed by atoms with Gasteiger partial charge < -0.3 is 24.8 Å². The highest BCUT2D eigenvalue weighted by Crippen LogP contribution is 2.32. The molecule has 1 aromatic carbocycles. The molecular weight excluding hydrogens is 412 g/mol. The van der Waals surface area contributed by atoms with Crippen molar-refractivity contribution in [2.24, 2.45) is 4.99 Å². The molecule has 168 valence electrons. The lowest BCUT2D eigenvalue weighted by atomic mass is 10.2. The number of benzene rings is 1. The fourth-order valence-electron chi connectivity index (χ4n) is 3.63. The van der Waals surface area contributed by atoms with Gasteiger partial charge in [0.1, 0.15) is 0 Å². The van der Waals surface area contributed by atoms with Crippen molar-refractivity contribution < 1.29 is 14.2 Å². The zero-order valence-corrected chi connectivity index (χ0v) is 19.0. The molecule has 1 aromatic heterocycles. The molecule has 1 unspecified atom stereocenters. The van der Waals surface area contributed by atoms with Crippen molar-refractivity contribution in [3.63, 3.8) is 0 Å². The molecule has 7 nitrogen and oxygen atoms in total. The minimum absolute atomic E-state index is 0.364. The smallest absolute Gasteiger partial charge is 0.195 e. The summed E-state index contributed by atoms with van der Waals surface area (Å²) in [6.45, 7) is 8.67. The molecule has 2 N–H and O–H groups in total. The Hall–Kier alpha value is -2.29. The number of ether oxygens (including phenoxy) is 3. The van der Waals surface area contributed by atoms with Crippen molar-refractivity contribution in [3.8, 4) is 11.5 Å². The lowest BCUT2D eigenvalue weighted by Gasteiger charge is -2.31. The minimum Gasteiger partial charge on any atom is -0.490 e. The van der Waals surface area contributed by atoms with Gasteiger partial charge in [-0.25, -0.2) is 0 Å². The number of guanidine groups is 1. The molecule has 31 heavy (non-hydrogen) atoms. The van der Waals surface area contributed by atoms with Crippen LogP contribution in [0.4, 0.5) is 5.69 Å². The van der Waals surface area contributed by atoms with Gasteiger partial charge in [0, 0.05) is 48.7 Å². The zero-order chi connectivity index (χ0) is 21.3. The number of anilines is 1. The Morgan fingerprint density at radius 3 is 2.77 bits per heavy atom. The van der Waals surface area contributed by atoms with Crippen LogP contribution in [0, 0.1) is 0 Å². The summed E-state index contributed by atoms with van der Waals surface area (Å²) >= 11 is 1.78. The van der Waals surface area contributed by atoms with E-state index < -0.39 is 0 Å². The number of hydrogen-bond acceptors (Lipinski definition) is 6. The van der Waals surface area contributed by atoms with Gasteiger partial charge in [0.05, 0.1) is 33.0 Å². The SMILES string of the molecule is CC(CN=C(NCCc1cccs1)Nc1ccc2c(c1)OCCCO2)N1CCOCC1. The summed E-state index contributed by atoms with van der Waals surface area (Å²) in [5, 5.41) is 9.05. The maximum Gasteiger partial charge on any atom is 0.195 e. The van der Waals surface area contributed by atoms with Crippen molar-refractivity contribution in [1.82, 2.24) is 10.2 Å². The van der Waals surface area contributed by atoms with E-state index in [1.54, 1.807) is 11.3 Å². The molecule has 0 radical (unpaired) electrons. The summed E-state index contributed by atoms with van der Waals surface area (Å²) in [6, 6.07) is 10.6. The number of hydrogen-bond donors (Lipinski definition) is 2. The topological polar surface area (TPSA) is 67.4 Å². The number of morpholine rings is 1. The van der Waals surface area contributed by atoms with E-state index in [0.29, 0.717) is 19.3 Å². The first kappa shape index (κ1) is 21.9. The summed E-state index contributed by atoms with van der Waals surface area (Å²) in [7, 11) is 0. The second kappa shape index (κ2) is 11.4. The fourth-order valence-corrected chi connectivity index (χ4v) is 4.34. The second-order valence-electron chi connectivity index (χ2n) is 7.78. The van der Waals surface area contributed by atoms with Crippen LogP contribution in [-0.4, -0.2) is 69.5 Å². The van der Waals surface area contributed by atoms with Crippen LogP contribution < -0.4 is 20.1 Å². The van der Waals surface area contributed by atoms with Crippen LogP contribution in [0.3, 0.4) is 0 Å². The monoisotopic (exact) mass is 444 g/mol. The highest BCUT2D eigenvalue weighted by atomic mass is 32.1. The Morgan fingerprint density at radius 1 is 1.13 bits per heavy atom. The predicted octanol–water partition coefficient (Wildman–Crippen LogP) is 3.23. The molecule has 0 saturated carbocycles. The lowest BCUT2D eigenvalue weighted by Crippen LogP contribution is -2.44. The number of aliphatic imine (C=N–C) groups is 1. The van der Waals surface area contributed by atoms with E-state index in [1.807, 2.05) is 18.2 Å². The molecule has 2 aromatic rings. The van der Waals surface area contributed by atoms with Crippen LogP contribution >= 0.6 is 11.3 Å². The van der Waals surface area contributed by atoms with Gasteiger partial charge in [0.25, 0.3) is 0 Å². The summed E-state index contributed by atoms with van der Waals surface area (Å²) in [4.78, 5) is 8.69. The van der Waals surface area contributed by atoms with Gasteiger partial charge in [0.15, 0.2) is 17.5 Å². The molecule has 8 heteroatoms. The van der Waals surface area contributed by atoms with Crippen molar-refractivity contribution >= 4 is 23.0 Å². The summed E-state index contributed by atoms with van der Waals surface area (Å²) in [6.07, 6.45) is 1.87. The molecule has 4 rings (SSSR count). The van der Waals surface area contributed by atoms with E-state index in [-0.39, 0.29) is 0 Å². The third kappa shape index (κ3) is 6.59. The van der Waals surface area contributed by atoms with Crippen LogP contribution in [0.1, 0.15) is 18.2 Å². The van der Waals surface area contributed by atoms with E-state index >= 15 is 0 Å². The fraction of sp³-hybridized carbons (Fsp3) is 0.522. The summed E-state index contributed by atoms with van der Waals surface area (Å²) in [5.74, 6) is 2.36. The highest BCUT2D eigenvalue weighted by molar-refractivity contribution is 7.09. The number of thiophene rings is 1.